The second kappa shape index (κ2) is 4.79. The quantitative estimate of drug-likeness (QED) is 0.833. The number of rotatable bonds is 3. The van der Waals surface area contributed by atoms with Gasteiger partial charge in [0, 0.05) is 6.04 Å². The van der Waals surface area contributed by atoms with Gasteiger partial charge in [0.05, 0.1) is 5.92 Å². The van der Waals surface area contributed by atoms with Gasteiger partial charge in [0.15, 0.2) is 5.65 Å². The van der Waals surface area contributed by atoms with Gasteiger partial charge in [-0.25, -0.2) is 0 Å². The number of aliphatic carboxylic acids is 1. The van der Waals surface area contributed by atoms with E-state index in [2.05, 4.69) is 25.9 Å². The van der Waals surface area contributed by atoms with Gasteiger partial charge >= 0.3 is 5.97 Å². The summed E-state index contributed by atoms with van der Waals surface area (Å²) in [6.45, 7) is 0. The number of carbonyl (C=O) groups is 1. The zero-order valence-corrected chi connectivity index (χ0v) is 10.2. The van der Waals surface area contributed by atoms with Gasteiger partial charge in [0.1, 0.15) is 5.82 Å². The molecule has 2 aromatic rings. The maximum Gasteiger partial charge on any atom is 0.308 e. The molecule has 0 aliphatic heterocycles. The fraction of sp³-hybridized carbons (Fsp3) is 0.545. The second-order valence-electron chi connectivity index (χ2n) is 4.73. The molecular formula is C11H14N6O2. The standard InChI is InChI=1S/C11H14N6O2/c18-11(19)7-3-1-2-4-8(7)12-9-5-6-10-13-15-16-17(10)14-9/h5-8H,1-4H2,(H,12,14)(H,18,19). The molecule has 1 aliphatic carbocycles. The van der Waals surface area contributed by atoms with Gasteiger partial charge in [-0.15, -0.1) is 14.8 Å². The van der Waals surface area contributed by atoms with Crippen LogP contribution in [0.5, 0.6) is 0 Å². The first-order valence-electron chi connectivity index (χ1n) is 6.29. The summed E-state index contributed by atoms with van der Waals surface area (Å²) in [6, 6.07) is 3.42. The molecule has 2 N–H and O–H groups in total. The lowest BCUT2D eigenvalue weighted by atomic mass is 9.84. The van der Waals surface area contributed by atoms with Gasteiger partial charge in [-0.3, -0.25) is 4.79 Å². The van der Waals surface area contributed by atoms with Crippen LogP contribution < -0.4 is 5.32 Å². The predicted octanol–water partition coefficient (Wildman–Crippen LogP) is 0.575. The first kappa shape index (κ1) is 11.8. The molecule has 0 saturated heterocycles. The Balaban J connectivity index is 1.80. The van der Waals surface area contributed by atoms with Crippen molar-refractivity contribution < 1.29 is 9.90 Å². The smallest absolute Gasteiger partial charge is 0.308 e. The Bertz CT molecular complexity index is 598. The lowest BCUT2D eigenvalue weighted by Gasteiger charge is -2.29. The molecule has 2 heterocycles. The number of aromatic nitrogens is 5. The SMILES string of the molecule is O=C(O)C1CCCCC1Nc1ccc2nnnn2n1. The van der Waals surface area contributed by atoms with Crippen molar-refractivity contribution in [3.05, 3.63) is 12.1 Å². The minimum Gasteiger partial charge on any atom is -0.481 e. The van der Waals surface area contributed by atoms with E-state index in [9.17, 15) is 9.90 Å². The first-order chi connectivity index (χ1) is 9.24. The minimum atomic E-state index is -0.749. The lowest BCUT2D eigenvalue weighted by Crippen LogP contribution is -2.37. The summed E-state index contributed by atoms with van der Waals surface area (Å²) in [7, 11) is 0. The number of nitrogens with one attached hydrogen (secondary N) is 1. The molecule has 2 unspecified atom stereocenters. The van der Waals surface area contributed by atoms with Gasteiger partial charge in [-0.2, -0.15) is 0 Å². The molecule has 8 heteroatoms. The predicted molar refractivity (Wildman–Crippen MR) is 65.6 cm³/mol. The van der Waals surface area contributed by atoms with Crippen molar-refractivity contribution in [3.8, 4) is 0 Å². The van der Waals surface area contributed by atoms with E-state index < -0.39 is 5.97 Å². The number of hydrogen-bond acceptors (Lipinski definition) is 6. The van der Waals surface area contributed by atoms with Crippen LogP contribution in [0.3, 0.4) is 0 Å². The molecule has 0 bridgehead atoms. The van der Waals surface area contributed by atoms with E-state index in [0.29, 0.717) is 17.9 Å². The average molecular weight is 262 g/mol. The van der Waals surface area contributed by atoms with Gasteiger partial charge in [0.25, 0.3) is 0 Å². The van der Waals surface area contributed by atoms with Crippen molar-refractivity contribution >= 4 is 17.4 Å². The summed E-state index contributed by atoms with van der Waals surface area (Å²) in [4.78, 5) is 11.2. The summed E-state index contributed by atoms with van der Waals surface area (Å²) in [5.41, 5.74) is 0.559. The summed E-state index contributed by atoms with van der Waals surface area (Å²) in [5.74, 6) is -0.515. The number of anilines is 1. The van der Waals surface area contributed by atoms with Crippen LogP contribution >= 0.6 is 0 Å². The largest absolute Gasteiger partial charge is 0.481 e. The van der Waals surface area contributed by atoms with Gasteiger partial charge < -0.3 is 10.4 Å². The third-order valence-electron chi connectivity index (χ3n) is 3.49. The normalized spacial score (nSPS) is 23.4. The summed E-state index contributed by atoms with van der Waals surface area (Å²) >= 11 is 0. The fourth-order valence-electron chi connectivity index (χ4n) is 2.52. The third-order valence-corrected chi connectivity index (χ3v) is 3.49. The average Bonchev–Trinajstić information content (AvgIpc) is 2.86. The molecule has 2 atom stereocenters. The van der Waals surface area contributed by atoms with Crippen molar-refractivity contribution in [1.29, 1.82) is 0 Å². The Morgan fingerprint density at radius 1 is 1.37 bits per heavy atom. The van der Waals surface area contributed by atoms with Gasteiger partial charge in [-0.05, 0) is 35.4 Å². The molecule has 1 fully saturated rings. The molecule has 19 heavy (non-hydrogen) atoms. The summed E-state index contributed by atoms with van der Waals surface area (Å²) in [5, 5.41) is 27.6. The number of carboxylic acids is 1. The summed E-state index contributed by atoms with van der Waals surface area (Å²) in [6.07, 6.45) is 3.55. The number of tetrazole rings is 1. The number of carboxylic acid groups (broad SMARTS) is 1. The van der Waals surface area contributed by atoms with Crippen LogP contribution in [0, 0.1) is 5.92 Å². The van der Waals surface area contributed by atoms with Crippen molar-refractivity contribution in [1.82, 2.24) is 25.3 Å². The summed E-state index contributed by atoms with van der Waals surface area (Å²) < 4.78 is 1.32. The van der Waals surface area contributed by atoms with E-state index >= 15 is 0 Å². The van der Waals surface area contributed by atoms with Gasteiger partial charge in [-0.1, -0.05) is 12.8 Å². The molecule has 0 radical (unpaired) electrons. The molecular weight excluding hydrogens is 248 g/mol. The Kier molecular flexibility index (Phi) is 2.98. The van der Waals surface area contributed by atoms with E-state index in [0.717, 1.165) is 19.3 Å². The van der Waals surface area contributed by atoms with Gasteiger partial charge in [0.2, 0.25) is 0 Å². The van der Waals surface area contributed by atoms with Crippen molar-refractivity contribution in [3.63, 3.8) is 0 Å². The Hall–Kier alpha value is -2.25. The molecule has 0 amide bonds. The van der Waals surface area contributed by atoms with Crippen molar-refractivity contribution in [2.45, 2.75) is 31.7 Å². The lowest BCUT2D eigenvalue weighted by molar-refractivity contribution is -0.143. The highest BCUT2D eigenvalue weighted by molar-refractivity contribution is 5.71. The molecule has 1 aliphatic rings. The maximum absolute atomic E-state index is 11.2. The Labute approximate surface area is 108 Å². The van der Waals surface area contributed by atoms with Crippen LogP contribution in [0.4, 0.5) is 5.82 Å². The fourth-order valence-corrected chi connectivity index (χ4v) is 2.52. The van der Waals surface area contributed by atoms with E-state index in [4.69, 9.17) is 0 Å². The molecule has 0 aromatic carbocycles. The maximum atomic E-state index is 11.2. The molecule has 100 valence electrons. The molecule has 2 aromatic heterocycles. The third kappa shape index (κ3) is 2.33. The van der Waals surface area contributed by atoms with Crippen LogP contribution in [0.15, 0.2) is 12.1 Å². The van der Waals surface area contributed by atoms with Crippen LogP contribution in [0.1, 0.15) is 25.7 Å². The Morgan fingerprint density at radius 3 is 3.05 bits per heavy atom. The van der Waals surface area contributed by atoms with Crippen LogP contribution in [0.2, 0.25) is 0 Å². The highest BCUT2D eigenvalue weighted by Gasteiger charge is 2.30. The topological polar surface area (TPSA) is 105 Å². The first-order valence-corrected chi connectivity index (χ1v) is 6.29. The number of fused-ring (bicyclic) bond motifs is 1. The minimum absolute atomic E-state index is 0.0901. The zero-order chi connectivity index (χ0) is 13.2. The van der Waals surface area contributed by atoms with E-state index in [1.165, 1.54) is 4.63 Å². The van der Waals surface area contributed by atoms with Crippen molar-refractivity contribution in [2.24, 2.45) is 5.92 Å². The van der Waals surface area contributed by atoms with E-state index in [-0.39, 0.29) is 12.0 Å². The zero-order valence-electron chi connectivity index (χ0n) is 10.2. The number of hydrogen-bond donors (Lipinski definition) is 2. The monoisotopic (exact) mass is 262 g/mol. The van der Waals surface area contributed by atoms with Crippen LogP contribution in [0.25, 0.3) is 5.65 Å². The van der Waals surface area contributed by atoms with E-state index in [1.807, 2.05) is 0 Å². The number of nitrogens with zero attached hydrogens (tertiary/aromatic N) is 5. The highest BCUT2D eigenvalue weighted by Crippen LogP contribution is 2.27. The molecule has 8 nitrogen and oxygen atoms in total. The second-order valence-corrected chi connectivity index (χ2v) is 4.73. The Morgan fingerprint density at radius 2 is 2.21 bits per heavy atom. The van der Waals surface area contributed by atoms with Crippen molar-refractivity contribution in [2.75, 3.05) is 5.32 Å². The highest BCUT2D eigenvalue weighted by atomic mass is 16.4. The molecule has 0 spiro atoms. The molecule has 1 saturated carbocycles. The molecule has 3 rings (SSSR count). The van der Waals surface area contributed by atoms with E-state index in [1.54, 1.807) is 12.1 Å². The van der Waals surface area contributed by atoms with Crippen LogP contribution in [-0.4, -0.2) is 42.4 Å². The van der Waals surface area contributed by atoms with Crippen LogP contribution in [-0.2, 0) is 4.79 Å².